The number of piperidine rings is 1. The van der Waals surface area contributed by atoms with Crippen molar-refractivity contribution in [1.82, 2.24) is 10.6 Å². The molecule has 0 aromatic heterocycles. The molecule has 2 N–H and O–H groups in total. The monoisotopic (exact) mass is 312 g/mol. The number of rotatable bonds is 4. The first-order valence-corrected chi connectivity index (χ1v) is 9.91. The minimum atomic E-state index is -0.714. The van der Waals surface area contributed by atoms with E-state index < -0.39 is 10.8 Å². The highest BCUT2D eigenvalue weighted by atomic mass is 32.2. The van der Waals surface area contributed by atoms with E-state index in [1.54, 1.807) is 0 Å². The SMILES string of the molecule is CCS(=O)C1CCCC(NC(=O)C2CC23CCNCC3)C1. The number of hydrogen-bond donors (Lipinski definition) is 2. The van der Waals surface area contributed by atoms with Crippen molar-refractivity contribution >= 4 is 16.7 Å². The van der Waals surface area contributed by atoms with Crippen LogP contribution < -0.4 is 10.6 Å². The fraction of sp³-hybridized carbons (Fsp3) is 0.938. The second kappa shape index (κ2) is 6.37. The second-order valence-corrected chi connectivity index (χ2v) is 9.04. The molecule has 1 amide bonds. The molecule has 3 aliphatic rings. The third-order valence-electron chi connectivity index (χ3n) is 5.73. The predicted octanol–water partition coefficient (Wildman–Crippen LogP) is 1.57. The van der Waals surface area contributed by atoms with Crippen molar-refractivity contribution < 1.29 is 9.00 Å². The Kier molecular flexibility index (Phi) is 4.69. The summed E-state index contributed by atoms with van der Waals surface area (Å²) in [6.45, 7) is 4.11. The van der Waals surface area contributed by atoms with E-state index in [0.717, 1.165) is 63.8 Å². The summed E-state index contributed by atoms with van der Waals surface area (Å²) >= 11 is 0. The van der Waals surface area contributed by atoms with Gasteiger partial charge in [-0.15, -0.1) is 0 Å². The Balaban J connectivity index is 1.50. The van der Waals surface area contributed by atoms with Gasteiger partial charge in [0.2, 0.25) is 5.91 Å². The molecule has 5 heteroatoms. The Labute approximate surface area is 130 Å². The average molecular weight is 312 g/mol. The minimum absolute atomic E-state index is 0.247. The first-order valence-electron chi connectivity index (χ1n) is 8.53. The molecule has 1 aliphatic heterocycles. The molecule has 1 saturated heterocycles. The summed E-state index contributed by atoms with van der Waals surface area (Å²) in [6, 6.07) is 0.256. The van der Waals surface area contributed by atoms with Gasteiger partial charge in [-0.2, -0.15) is 0 Å². The number of carbonyl (C=O) groups is 1. The van der Waals surface area contributed by atoms with Crippen LogP contribution in [-0.2, 0) is 15.6 Å². The first kappa shape index (κ1) is 15.5. The molecule has 0 radical (unpaired) electrons. The van der Waals surface area contributed by atoms with Crippen LogP contribution in [0.4, 0.5) is 0 Å². The molecule has 4 atom stereocenters. The standard InChI is InChI=1S/C16H28N2O2S/c1-2-21(20)13-5-3-4-12(10-13)18-15(19)14-11-16(14)6-8-17-9-7-16/h12-14,17H,2-11H2,1H3,(H,18,19). The largest absolute Gasteiger partial charge is 0.353 e. The molecule has 4 nitrogen and oxygen atoms in total. The lowest BCUT2D eigenvalue weighted by molar-refractivity contribution is -0.124. The van der Waals surface area contributed by atoms with Crippen molar-refractivity contribution in [2.45, 2.75) is 63.2 Å². The van der Waals surface area contributed by atoms with E-state index in [1.165, 1.54) is 0 Å². The molecular formula is C16H28N2O2S. The van der Waals surface area contributed by atoms with Gasteiger partial charge in [-0.25, -0.2) is 0 Å². The van der Waals surface area contributed by atoms with Crippen LogP contribution in [0.3, 0.4) is 0 Å². The fourth-order valence-corrected chi connectivity index (χ4v) is 5.60. The molecule has 0 aromatic carbocycles. The molecule has 2 aliphatic carbocycles. The van der Waals surface area contributed by atoms with Crippen molar-refractivity contribution in [1.29, 1.82) is 0 Å². The van der Waals surface area contributed by atoms with E-state index in [0.29, 0.717) is 10.7 Å². The normalized spacial score (nSPS) is 36.1. The molecule has 1 heterocycles. The molecule has 3 fully saturated rings. The van der Waals surface area contributed by atoms with Crippen LogP contribution in [0.1, 0.15) is 51.9 Å². The van der Waals surface area contributed by atoms with Gasteiger partial charge in [0.1, 0.15) is 0 Å². The number of carbonyl (C=O) groups excluding carboxylic acids is 1. The lowest BCUT2D eigenvalue weighted by Crippen LogP contribution is -2.43. The number of hydrogen-bond acceptors (Lipinski definition) is 3. The van der Waals surface area contributed by atoms with Crippen molar-refractivity contribution in [3.8, 4) is 0 Å². The molecular weight excluding hydrogens is 284 g/mol. The zero-order valence-corrected chi connectivity index (χ0v) is 13.8. The Morgan fingerprint density at radius 2 is 2.10 bits per heavy atom. The Hall–Kier alpha value is -0.420. The van der Waals surface area contributed by atoms with Crippen molar-refractivity contribution in [2.75, 3.05) is 18.8 Å². The van der Waals surface area contributed by atoms with Crippen LogP contribution in [0.5, 0.6) is 0 Å². The van der Waals surface area contributed by atoms with Crippen LogP contribution in [0.15, 0.2) is 0 Å². The van der Waals surface area contributed by atoms with Crippen LogP contribution in [0.2, 0.25) is 0 Å². The molecule has 0 bridgehead atoms. The topological polar surface area (TPSA) is 58.2 Å². The third-order valence-corrected chi connectivity index (χ3v) is 7.48. The summed E-state index contributed by atoms with van der Waals surface area (Å²) in [5.74, 6) is 1.26. The predicted molar refractivity (Wildman–Crippen MR) is 85.5 cm³/mol. The first-order chi connectivity index (χ1) is 10.1. The second-order valence-electron chi connectivity index (χ2n) is 7.03. The van der Waals surface area contributed by atoms with E-state index in [9.17, 15) is 9.00 Å². The summed E-state index contributed by atoms with van der Waals surface area (Å²) in [4.78, 5) is 12.5. The maximum absolute atomic E-state index is 12.5. The van der Waals surface area contributed by atoms with Crippen molar-refractivity contribution in [3.63, 3.8) is 0 Å². The smallest absolute Gasteiger partial charge is 0.223 e. The zero-order valence-electron chi connectivity index (χ0n) is 13.0. The van der Waals surface area contributed by atoms with Crippen LogP contribution in [0.25, 0.3) is 0 Å². The van der Waals surface area contributed by atoms with Crippen LogP contribution >= 0.6 is 0 Å². The Morgan fingerprint density at radius 1 is 1.33 bits per heavy atom. The van der Waals surface area contributed by atoms with Gasteiger partial charge in [-0.3, -0.25) is 9.00 Å². The molecule has 120 valence electrons. The van der Waals surface area contributed by atoms with E-state index in [4.69, 9.17) is 0 Å². The zero-order chi connectivity index (χ0) is 14.9. The highest BCUT2D eigenvalue weighted by Gasteiger charge is 2.57. The third kappa shape index (κ3) is 3.34. The van der Waals surface area contributed by atoms with Gasteiger partial charge < -0.3 is 10.6 Å². The summed E-state index contributed by atoms with van der Waals surface area (Å²) < 4.78 is 12.0. The van der Waals surface area contributed by atoms with Gasteiger partial charge in [0.15, 0.2) is 0 Å². The van der Waals surface area contributed by atoms with Crippen molar-refractivity contribution in [3.05, 3.63) is 0 Å². The minimum Gasteiger partial charge on any atom is -0.353 e. The molecule has 3 rings (SSSR count). The molecule has 0 aromatic rings. The summed E-state index contributed by atoms with van der Waals surface area (Å²) in [6.07, 6.45) is 7.51. The summed E-state index contributed by atoms with van der Waals surface area (Å²) in [5, 5.41) is 6.94. The average Bonchev–Trinajstić information content (AvgIpc) is 3.21. The van der Waals surface area contributed by atoms with Crippen LogP contribution in [-0.4, -0.2) is 40.3 Å². The van der Waals surface area contributed by atoms with Gasteiger partial charge in [0, 0.05) is 33.8 Å². The van der Waals surface area contributed by atoms with Gasteiger partial charge in [-0.1, -0.05) is 13.3 Å². The highest BCUT2D eigenvalue weighted by Crippen LogP contribution is 2.58. The van der Waals surface area contributed by atoms with Gasteiger partial charge >= 0.3 is 0 Å². The molecule has 1 spiro atoms. The van der Waals surface area contributed by atoms with E-state index in [1.807, 2.05) is 6.92 Å². The quantitative estimate of drug-likeness (QED) is 0.828. The summed E-state index contributed by atoms with van der Waals surface area (Å²) in [7, 11) is -0.714. The van der Waals surface area contributed by atoms with E-state index >= 15 is 0 Å². The molecule has 2 saturated carbocycles. The van der Waals surface area contributed by atoms with E-state index in [2.05, 4.69) is 10.6 Å². The summed E-state index contributed by atoms with van der Waals surface area (Å²) in [5.41, 5.74) is 0.315. The van der Waals surface area contributed by atoms with Gasteiger partial charge in [0.05, 0.1) is 0 Å². The lowest BCUT2D eigenvalue weighted by Gasteiger charge is -2.30. The van der Waals surface area contributed by atoms with Crippen LogP contribution in [0, 0.1) is 11.3 Å². The Morgan fingerprint density at radius 3 is 2.81 bits per heavy atom. The maximum atomic E-state index is 12.5. The van der Waals surface area contributed by atoms with E-state index in [-0.39, 0.29) is 17.9 Å². The fourth-order valence-electron chi connectivity index (χ4n) is 4.25. The molecule has 21 heavy (non-hydrogen) atoms. The molecule has 4 unspecified atom stereocenters. The van der Waals surface area contributed by atoms with Gasteiger partial charge in [0.25, 0.3) is 0 Å². The number of amides is 1. The maximum Gasteiger partial charge on any atom is 0.223 e. The lowest BCUT2D eigenvalue weighted by atomic mass is 9.91. The van der Waals surface area contributed by atoms with Gasteiger partial charge in [-0.05, 0) is 57.0 Å². The number of nitrogens with one attached hydrogen (secondary N) is 2. The van der Waals surface area contributed by atoms with Crippen molar-refractivity contribution in [2.24, 2.45) is 11.3 Å². The Bertz CT molecular complexity index is 421. The highest BCUT2D eigenvalue weighted by molar-refractivity contribution is 7.85.